The lowest BCUT2D eigenvalue weighted by Crippen LogP contribution is -2.20. The highest BCUT2D eigenvalue weighted by Gasteiger charge is 2.23. The van der Waals surface area contributed by atoms with Crippen molar-refractivity contribution in [1.82, 2.24) is 4.98 Å². The molecule has 0 amide bonds. The maximum absolute atomic E-state index is 13.8. The number of pyridine rings is 1. The van der Waals surface area contributed by atoms with Crippen LogP contribution in [0.5, 0.6) is 0 Å². The fraction of sp³-hybridized carbons (Fsp3) is 0.200. The Morgan fingerprint density at radius 2 is 2.04 bits per heavy atom. The smallest absolute Gasteiger partial charge is 0.149 e. The van der Waals surface area contributed by atoms with Crippen molar-refractivity contribution in [2.45, 2.75) is 26.3 Å². The van der Waals surface area contributed by atoms with E-state index in [1.807, 2.05) is 25.1 Å². The summed E-state index contributed by atoms with van der Waals surface area (Å²) in [4.78, 5) is 9.12. The molecule has 1 aliphatic rings. The number of halogens is 2. The molecule has 0 aliphatic carbocycles. The lowest BCUT2D eigenvalue weighted by Gasteiger charge is -2.23. The van der Waals surface area contributed by atoms with E-state index in [4.69, 9.17) is 16.6 Å². The highest BCUT2D eigenvalue weighted by molar-refractivity contribution is 6.33. The standard InChI is InChI=1S/C20H16ClFN2/c1-11-6-7-15-16(18(11)21)8-12(2)24-19(15)14-9-13-4-3-5-17(22)20(13)23-10-14/h3-7,9-10,12H,8H2,1-2H3. The second kappa shape index (κ2) is 5.67. The molecule has 4 heteroatoms. The Balaban J connectivity index is 1.92. The molecule has 1 unspecified atom stereocenters. The molecule has 1 aliphatic heterocycles. The first-order valence-corrected chi connectivity index (χ1v) is 8.33. The third-order valence-corrected chi connectivity index (χ3v) is 5.00. The Morgan fingerprint density at radius 1 is 1.21 bits per heavy atom. The van der Waals surface area contributed by atoms with Gasteiger partial charge in [0.1, 0.15) is 11.3 Å². The molecule has 1 aromatic heterocycles. The van der Waals surface area contributed by atoms with Crippen LogP contribution in [0.3, 0.4) is 0 Å². The lowest BCUT2D eigenvalue weighted by atomic mass is 9.89. The Labute approximate surface area is 145 Å². The number of benzene rings is 2. The van der Waals surface area contributed by atoms with Crippen molar-refractivity contribution in [1.29, 1.82) is 0 Å². The van der Waals surface area contributed by atoms with Crippen molar-refractivity contribution in [3.05, 3.63) is 75.7 Å². The van der Waals surface area contributed by atoms with Crippen LogP contribution in [0.4, 0.5) is 4.39 Å². The summed E-state index contributed by atoms with van der Waals surface area (Å²) in [5.41, 5.74) is 5.40. The van der Waals surface area contributed by atoms with E-state index in [9.17, 15) is 4.39 Å². The second-order valence-electron chi connectivity index (χ2n) is 6.29. The van der Waals surface area contributed by atoms with Gasteiger partial charge in [-0.15, -0.1) is 0 Å². The summed E-state index contributed by atoms with van der Waals surface area (Å²) in [6, 6.07) is 11.2. The molecule has 0 spiro atoms. The highest BCUT2D eigenvalue weighted by atomic mass is 35.5. The lowest BCUT2D eigenvalue weighted by molar-refractivity contribution is 0.637. The molecule has 1 atom stereocenters. The van der Waals surface area contributed by atoms with Crippen molar-refractivity contribution in [2.75, 3.05) is 0 Å². The van der Waals surface area contributed by atoms with E-state index in [0.717, 1.165) is 44.8 Å². The number of aromatic nitrogens is 1. The summed E-state index contributed by atoms with van der Waals surface area (Å²) in [7, 11) is 0. The Morgan fingerprint density at radius 3 is 2.88 bits per heavy atom. The van der Waals surface area contributed by atoms with Crippen LogP contribution in [0.15, 0.2) is 47.6 Å². The van der Waals surface area contributed by atoms with Gasteiger partial charge in [-0.2, -0.15) is 0 Å². The number of hydrogen-bond donors (Lipinski definition) is 0. The Kier molecular flexibility index (Phi) is 3.61. The molecule has 4 rings (SSSR count). The molecule has 2 nitrogen and oxygen atoms in total. The van der Waals surface area contributed by atoms with Gasteiger partial charge < -0.3 is 0 Å². The number of para-hydroxylation sites is 1. The first-order chi connectivity index (χ1) is 11.5. The fourth-order valence-electron chi connectivity index (χ4n) is 3.27. The first kappa shape index (κ1) is 15.3. The molecule has 0 saturated heterocycles. The van der Waals surface area contributed by atoms with E-state index in [1.54, 1.807) is 12.3 Å². The van der Waals surface area contributed by atoms with Crippen molar-refractivity contribution >= 4 is 28.2 Å². The summed E-state index contributed by atoms with van der Waals surface area (Å²) in [6.45, 7) is 4.09. The Bertz CT molecular complexity index is 994. The summed E-state index contributed by atoms with van der Waals surface area (Å²) < 4.78 is 13.8. The molecule has 0 fully saturated rings. The minimum Gasteiger partial charge on any atom is -0.281 e. The third kappa shape index (κ3) is 2.40. The summed E-state index contributed by atoms with van der Waals surface area (Å²) >= 11 is 6.52. The molecule has 2 aromatic carbocycles. The third-order valence-electron chi connectivity index (χ3n) is 4.48. The quantitative estimate of drug-likeness (QED) is 0.604. The minimum absolute atomic E-state index is 0.148. The maximum atomic E-state index is 13.8. The topological polar surface area (TPSA) is 25.2 Å². The monoisotopic (exact) mass is 338 g/mol. The van der Waals surface area contributed by atoms with E-state index in [2.05, 4.69) is 18.0 Å². The van der Waals surface area contributed by atoms with Crippen molar-refractivity contribution in [3.63, 3.8) is 0 Å². The van der Waals surface area contributed by atoms with Crippen LogP contribution in [0, 0.1) is 12.7 Å². The second-order valence-corrected chi connectivity index (χ2v) is 6.67. The van der Waals surface area contributed by atoms with E-state index >= 15 is 0 Å². The highest BCUT2D eigenvalue weighted by Crippen LogP contribution is 2.32. The van der Waals surface area contributed by atoms with Gasteiger partial charge in [-0.3, -0.25) is 9.98 Å². The van der Waals surface area contributed by atoms with E-state index < -0.39 is 0 Å². The molecule has 3 aromatic rings. The first-order valence-electron chi connectivity index (χ1n) is 7.95. The Hall–Kier alpha value is -2.26. The van der Waals surface area contributed by atoms with E-state index in [0.29, 0.717) is 5.52 Å². The van der Waals surface area contributed by atoms with Gasteiger partial charge in [-0.05, 0) is 43.5 Å². The van der Waals surface area contributed by atoms with Crippen LogP contribution in [0.2, 0.25) is 5.02 Å². The predicted molar refractivity (Wildman–Crippen MR) is 96.7 cm³/mol. The zero-order valence-corrected chi connectivity index (χ0v) is 14.2. The molecular weight excluding hydrogens is 323 g/mol. The minimum atomic E-state index is -0.308. The van der Waals surface area contributed by atoms with Gasteiger partial charge in [0, 0.05) is 27.7 Å². The fourth-order valence-corrected chi connectivity index (χ4v) is 3.52. The average molecular weight is 339 g/mol. The van der Waals surface area contributed by atoms with Crippen LogP contribution in [0.25, 0.3) is 10.9 Å². The van der Waals surface area contributed by atoms with Gasteiger partial charge >= 0.3 is 0 Å². The van der Waals surface area contributed by atoms with E-state index in [-0.39, 0.29) is 11.9 Å². The molecular formula is C20H16ClFN2. The molecule has 24 heavy (non-hydrogen) atoms. The van der Waals surface area contributed by atoms with Gasteiger partial charge in [0.15, 0.2) is 0 Å². The number of fused-ring (bicyclic) bond motifs is 2. The summed E-state index contributed by atoms with van der Waals surface area (Å²) in [5, 5.41) is 1.58. The zero-order valence-electron chi connectivity index (χ0n) is 13.5. The molecule has 120 valence electrons. The number of nitrogens with zero attached hydrogens (tertiary/aromatic N) is 2. The normalized spacial score (nSPS) is 16.8. The number of hydrogen-bond acceptors (Lipinski definition) is 2. The maximum Gasteiger partial charge on any atom is 0.149 e. The molecule has 2 heterocycles. The SMILES string of the molecule is Cc1ccc2c(c1Cl)CC(C)N=C2c1cnc2c(F)cccc2c1. The van der Waals surface area contributed by atoms with Crippen LogP contribution >= 0.6 is 11.6 Å². The molecule has 0 saturated carbocycles. The zero-order chi connectivity index (χ0) is 16.8. The van der Waals surface area contributed by atoms with Gasteiger partial charge in [-0.1, -0.05) is 35.9 Å². The number of aryl methyl sites for hydroxylation is 1. The van der Waals surface area contributed by atoms with Gasteiger partial charge in [0.2, 0.25) is 0 Å². The molecule has 0 N–H and O–H groups in total. The van der Waals surface area contributed by atoms with Crippen molar-refractivity contribution in [3.8, 4) is 0 Å². The van der Waals surface area contributed by atoms with Gasteiger partial charge in [0.25, 0.3) is 0 Å². The average Bonchev–Trinajstić information content (AvgIpc) is 2.58. The summed E-state index contributed by atoms with van der Waals surface area (Å²) in [5.74, 6) is -0.308. The van der Waals surface area contributed by atoms with Crippen molar-refractivity contribution in [2.24, 2.45) is 4.99 Å². The van der Waals surface area contributed by atoms with E-state index in [1.165, 1.54) is 6.07 Å². The predicted octanol–water partition coefficient (Wildman–Crippen LogP) is 5.12. The largest absolute Gasteiger partial charge is 0.281 e. The number of rotatable bonds is 1. The van der Waals surface area contributed by atoms with Crippen LogP contribution in [-0.4, -0.2) is 16.7 Å². The summed E-state index contributed by atoms with van der Waals surface area (Å²) in [6.07, 6.45) is 2.52. The van der Waals surface area contributed by atoms with Gasteiger partial charge in [-0.25, -0.2) is 4.39 Å². The van der Waals surface area contributed by atoms with Gasteiger partial charge in [0.05, 0.1) is 11.8 Å². The molecule has 0 bridgehead atoms. The van der Waals surface area contributed by atoms with Crippen LogP contribution in [-0.2, 0) is 6.42 Å². The van der Waals surface area contributed by atoms with Crippen LogP contribution < -0.4 is 0 Å². The van der Waals surface area contributed by atoms with Crippen LogP contribution in [0.1, 0.15) is 29.2 Å². The van der Waals surface area contributed by atoms with Crippen molar-refractivity contribution < 1.29 is 4.39 Å². The number of aliphatic imine (C=N–C) groups is 1. The molecule has 0 radical (unpaired) electrons.